The summed E-state index contributed by atoms with van der Waals surface area (Å²) in [4.78, 5) is 10.8. The van der Waals surface area contributed by atoms with Crippen LogP contribution in [0.15, 0.2) is 0 Å². The average molecular weight is 169 g/mol. The van der Waals surface area contributed by atoms with E-state index in [2.05, 4.69) is 21.9 Å². The summed E-state index contributed by atoms with van der Waals surface area (Å²) in [7, 11) is 1.39. The molecule has 0 radical (unpaired) electrons. The van der Waals surface area contributed by atoms with Gasteiger partial charge >= 0.3 is 5.97 Å². The molecule has 0 amide bonds. The molecule has 0 rings (SSSR count). The lowest BCUT2D eigenvalue weighted by atomic mass is 10.2. The highest BCUT2D eigenvalue weighted by molar-refractivity contribution is 5.69. The Morgan fingerprint density at radius 1 is 1.67 bits per heavy atom. The first-order valence-corrected chi connectivity index (χ1v) is 3.90. The fraction of sp³-hybridized carbons (Fsp3) is 0.667. The normalized spacial score (nSPS) is 11.2. The van der Waals surface area contributed by atoms with Crippen LogP contribution in [-0.4, -0.2) is 25.7 Å². The number of methoxy groups -OCH3 is 1. The van der Waals surface area contributed by atoms with Crippen molar-refractivity contribution in [2.45, 2.75) is 26.3 Å². The Bertz CT molecular complexity index is 190. The topological polar surface area (TPSA) is 38.3 Å². The van der Waals surface area contributed by atoms with Crippen LogP contribution in [0.2, 0.25) is 0 Å². The molecule has 3 heteroatoms. The summed E-state index contributed by atoms with van der Waals surface area (Å²) < 4.78 is 4.51. The van der Waals surface area contributed by atoms with E-state index in [9.17, 15) is 4.79 Å². The highest BCUT2D eigenvalue weighted by atomic mass is 16.5. The molecular formula is C9H15NO2. The van der Waals surface area contributed by atoms with Crippen LogP contribution in [0, 0.1) is 11.8 Å². The van der Waals surface area contributed by atoms with Gasteiger partial charge in [0.15, 0.2) is 0 Å². The van der Waals surface area contributed by atoms with Crippen LogP contribution in [0.5, 0.6) is 0 Å². The van der Waals surface area contributed by atoms with Gasteiger partial charge in [-0.1, -0.05) is 5.92 Å². The third kappa shape index (κ3) is 5.75. The molecule has 68 valence electrons. The first-order chi connectivity index (χ1) is 5.70. The van der Waals surface area contributed by atoms with Gasteiger partial charge in [-0.3, -0.25) is 4.79 Å². The summed E-state index contributed by atoms with van der Waals surface area (Å²) in [5.74, 6) is 5.42. The van der Waals surface area contributed by atoms with Crippen LogP contribution in [0.4, 0.5) is 0 Å². The van der Waals surface area contributed by atoms with Gasteiger partial charge in [0.2, 0.25) is 0 Å². The standard InChI is InChI=1S/C9H15NO2/c1-4-5-6-10-8(2)7-9(11)12-3/h8,10H,6-7H2,1-3H3. The van der Waals surface area contributed by atoms with E-state index in [-0.39, 0.29) is 12.0 Å². The molecule has 1 unspecified atom stereocenters. The molecule has 3 nitrogen and oxygen atoms in total. The fourth-order valence-electron chi connectivity index (χ4n) is 0.719. The van der Waals surface area contributed by atoms with Crippen molar-refractivity contribution < 1.29 is 9.53 Å². The quantitative estimate of drug-likeness (QED) is 0.493. The summed E-state index contributed by atoms with van der Waals surface area (Å²) >= 11 is 0. The number of carbonyl (C=O) groups is 1. The fourth-order valence-corrected chi connectivity index (χ4v) is 0.719. The Labute approximate surface area is 73.5 Å². The summed E-state index contributed by atoms with van der Waals surface area (Å²) in [6.45, 7) is 4.33. The third-order valence-corrected chi connectivity index (χ3v) is 1.42. The molecule has 1 N–H and O–H groups in total. The van der Waals surface area contributed by atoms with E-state index in [0.29, 0.717) is 13.0 Å². The van der Waals surface area contributed by atoms with E-state index in [4.69, 9.17) is 0 Å². The zero-order valence-corrected chi connectivity index (χ0v) is 7.81. The summed E-state index contributed by atoms with van der Waals surface area (Å²) in [6, 6.07) is 0.123. The van der Waals surface area contributed by atoms with Gasteiger partial charge in [0.05, 0.1) is 20.1 Å². The van der Waals surface area contributed by atoms with Gasteiger partial charge in [-0.05, 0) is 13.8 Å². The van der Waals surface area contributed by atoms with Gasteiger partial charge in [0.1, 0.15) is 0 Å². The van der Waals surface area contributed by atoms with Crippen LogP contribution in [0.25, 0.3) is 0 Å². The number of carbonyl (C=O) groups excluding carboxylic acids is 1. The van der Waals surface area contributed by atoms with Gasteiger partial charge in [0, 0.05) is 6.04 Å². The molecule has 0 aromatic rings. The predicted molar refractivity (Wildman–Crippen MR) is 47.5 cm³/mol. The highest BCUT2D eigenvalue weighted by Crippen LogP contribution is 1.91. The molecule has 0 saturated carbocycles. The molecule has 0 aliphatic rings. The van der Waals surface area contributed by atoms with Crippen LogP contribution >= 0.6 is 0 Å². The summed E-state index contributed by atoms with van der Waals surface area (Å²) in [5.41, 5.74) is 0. The maximum atomic E-state index is 10.8. The Kier molecular flexibility index (Phi) is 6.12. The van der Waals surface area contributed by atoms with Crippen molar-refractivity contribution in [2.75, 3.05) is 13.7 Å². The van der Waals surface area contributed by atoms with Gasteiger partial charge in [0.25, 0.3) is 0 Å². The lowest BCUT2D eigenvalue weighted by Gasteiger charge is -2.08. The molecule has 0 saturated heterocycles. The first kappa shape index (κ1) is 11.0. The second kappa shape index (κ2) is 6.68. The van der Waals surface area contributed by atoms with Gasteiger partial charge < -0.3 is 10.1 Å². The predicted octanol–water partition coefficient (Wildman–Crippen LogP) is 0.551. The molecule has 0 aromatic carbocycles. The third-order valence-electron chi connectivity index (χ3n) is 1.42. The van der Waals surface area contributed by atoms with Crippen molar-refractivity contribution in [3.63, 3.8) is 0 Å². The van der Waals surface area contributed by atoms with Crippen molar-refractivity contribution in [3.05, 3.63) is 0 Å². The van der Waals surface area contributed by atoms with E-state index in [0.717, 1.165) is 0 Å². The van der Waals surface area contributed by atoms with Crippen molar-refractivity contribution in [2.24, 2.45) is 0 Å². The largest absolute Gasteiger partial charge is 0.469 e. The van der Waals surface area contributed by atoms with Gasteiger partial charge in [-0.15, -0.1) is 5.92 Å². The smallest absolute Gasteiger partial charge is 0.307 e. The minimum atomic E-state index is -0.195. The Balaban J connectivity index is 3.49. The van der Waals surface area contributed by atoms with E-state index in [1.807, 2.05) is 6.92 Å². The molecular weight excluding hydrogens is 154 g/mol. The van der Waals surface area contributed by atoms with Crippen molar-refractivity contribution in [1.82, 2.24) is 5.32 Å². The first-order valence-electron chi connectivity index (χ1n) is 3.90. The van der Waals surface area contributed by atoms with Gasteiger partial charge in [-0.2, -0.15) is 0 Å². The summed E-state index contributed by atoms with van der Waals surface area (Å²) in [6.07, 6.45) is 0.391. The van der Waals surface area contributed by atoms with Crippen LogP contribution in [-0.2, 0) is 9.53 Å². The Morgan fingerprint density at radius 2 is 2.33 bits per heavy atom. The molecule has 0 aromatic heterocycles. The lowest BCUT2D eigenvalue weighted by Crippen LogP contribution is -2.29. The van der Waals surface area contributed by atoms with Gasteiger partial charge in [-0.25, -0.2) is 0 Å². The van der Waals surface area contributed by atoms with Crippen LogP contribution in [0.3, 0.4) is 0 Å². The maximum Gasteiger partial charge on any atom is 0.307 e. The lowest BCUT2D eigenvalue weighted by molar-refractivity contribution is -0.141. The van der Waals surface area contributed by atoms with Crippen molar-refractivity contribution in [3.8, 4) is 11.8 Å². The molecule has 0 aliphatic heterocycles. The zero-order valence-electron chi connectivity index (χ0n) is 7.81. The minimum Gasteiger partial charge on any atom is -0.469 e. The Hall–Kier alpha value is -1.01. The van der Waals surface area contributed by atoms with Crippen LogP contribution < -0.4 is 5.32 Å². The number of nitrogens with one attached hydrogen (secondary N) is 1. The number of ether oxygens (including phenoxy) is 1. The van der Waals surface area contributed by atoms with Crippen molar-refractivity contribution >= 4 is 5.97 Å². The second-order valence-corrected chi connectivity index (χ2v) is 2.49. The maximum absolute atomic E-state index is 10.8. The molecule has 0 bridgehead atoms. The zero-order chi connectivity index (χ0) is 9.40. The minimum absolute atomic E-state index is 0.123. The van der Waals surface area contributed by atoms with Crippen LogP contribution in [0.1, 0.15) is 20.3 Å². The van der Waals surface area contributed by atoms with E-state index >= 15 is 0 Å². The molecule has 0 fully saturated rings. The van der Waals surface area contributed by atoms with E-state index < -0.39 is 0 Å². The number of hydrogen-bond acceptors (Lipinski definition) is 3. The monoisotopic (exact) mass is 169 g/mol. The number of esters is 1. The SMILES string of the molecule is CC#CCNC(C)CC(=O)OC. The molecule has 0 heterocycles. The number of hydrogen-bond donors (Lipinski definition) is 1. The second-order valence-electron chi connectivity index (χ2n) is 2.49. The molecule has 1 atom stereocenters. The molecule has 12 heavy (non-hydrogen) atoms. The average Bonchev–Trinajstić information content (AvgIpc) is 2.05. The van der Waals surface area contributed by atoms with E-state index in [1.165, 1.54) is 7.11 Å². The number of rotatable bonds is 4. The highest BCUT2D eigenvalue weighted by Gasteiger charge is 2.06. The van der Waals surface area contributed by atoms with Crippen molar-refractivity contribution in [1.29, 1.82) is 0 Å². The summed E-state index contributed by atoms with van der Waals surface area (Å²) in [5, 5.41) is 3.07. The Morgan fingerprint density at radius 3 is 2.83 bits per heavy atom. The van der Waals surface area contributed by atoms with E-state index in [1.54, 1.807) is 6.92 Å². The molecule has 0 aliphatic carbocycles. The molecule has 0 spiro atoms.